The number of carbonyl (C=O) groups is 2. The number of benzene rings is 1. The summed E-state index contributed by atoms with van der Waals surface area (Å²) in [5.74, 6) is 0.301. The Balaban J connectivity index is 2.68. The van der Waals surface area contributed by atoms with Crippen molar-refractivity contribution in [3.8, 4) is 5.75 Å². The summed E-state index contributed by atoms with van der Waals surface area (Å²) in [6.07, 6.45) is 1.09. The van der Waals surface area contributed by atoms with Crippen molar-refractivity contribution in [1.82, 2.24) is 5.32 Å². The van der Waals surface area contributed by atoms with E-state index in [-0.39, 0.29) is 5.91 Å². The molecule has 0 unspecified atom stereocenters. The van der Waals surface area contributed by atoms with E-state index in [1.165, 1.54) is 7.11 Å². The van der Waals surface area contributed by atoms with E-state index in [9.17, 15) is 9.59 Å². The van der Waals surface area contributed by atoms with Crippen LogP contribution in [0.2, 0.25) is 0 Å². The highest BCUT2D eigenvalue weighted by molar-refractivity contribution is 5.96. The average molecular weight is 207 g/mol. The maximum absolute atomic E-state index is 11.6. The molecular weight excluding hydrogens is 194 g/mol. The zero-order valence-electron chi connectivity index (χ0n) is 8.53. The van der Waals surface area contributed by atoms with Gasteiger partial charge in [0.2, 0.25) is 0 Å². The van der Waals surface area contributed by atoms with Crippen LogP contribution in [0, 0.1) is 0 Å². The molecule has 0 bridgehead atoms. The summed E-state index contributed by atoms with van der Waals surface area (Å²) in [5, 5.41) is 2.62. The molecule has 1 aromatic carbocycles. The van der Waals surface area contributed by atoms with E-state index < -0.39 is 0 Å². The minimum Gasteiger partial charge on any atom is -0.496 e. The Morgan fingerprint density at radius 2 is 2.20 bits per heavy atom. The van der Waals surface area contributed by atoms with Crippen LogP contribution >= 0.6 is 0 Å². The summed E-state index contributed by atoms with van der Waals surface area (Å²) in [5.41, 5.74) is 0.478. The second-order valence-corrected chi connectivity index (χ2v) is 2.91. The summed E-state index contributed by atoms with van der Waals surface area (Å²) in [7, 11) is 1.51. The lowest BCUT2D eigenvalue weighted by atomic mass is 10.2. The van der Waals surface area contributed by atoms with Gasteiger partial charge in [-0.25, -0.2) is 0 Å². The van der Waals surface area contributed by atoms with Gasteiger partial charge in [0.1, 0.15) is 12.0 Å². The fourth-order valence-corrected chi connectivity index (χ4v) is 1.17. The minimum absolute atomic E-state index is 0.227. The van der Waals surface area contributed by atoms with E-state index in [4.69, 9.17) is 4.74 Å². The summed E-state index contributed by atoms with van der Waals surface area (Å²) >= 11 is 0. The molecule has 1 N–H and O–H groups in total. The highest BCUT2D eigenvalue weighted by Crippen LogP contribution is 2.16. The lowest BCUT2D eigenvalue weighted by Crippen LogP contribution is -2.25. The first kappa shape index (κ1) is 11.2. The molecule has 0 aliphatic carbocycles. The van der Waals surface area contributed by atoms with Crippen LogP contribution in [0.3, 0.4) is 0 Å². The van der Waals surface area contributed by atoms with Crippen LogP contribution in [0.4, 0.5) is 0 Å². The maximum Gasteiger partial charge on any atom is 0.255 e. The van der Waals surface area contributed by atoms with Gasteiger partial charge in [-0.15, -0.1) is 0 Å². The average Bonchev–Trinajstić information content (AvgIpc) is 2.29. The maximum atomic E-state index is 11.6. The molecule has 1 aromatic rings. The molecule has 15 heavy (non-hydrogen) atoms. The van der Waals surface area contributed by atoms with Gasteiger partial charge < -0.3 is 14.8 Å². The third kappa shape index (κ3) is 3.09. The lowest BCUT2D eigenvalue weighted by molar-refractivity contribution is -0.107. The molecule has 0 saturated heterocycles. The van der Waals surface area contributed by atoms with Crippen molar-refractivity contribution in [2.75, 3.05) is 13.7 Å². The third-order valence-corrected chi connectivity index (χ3v) is 1.90. The predicted molar refractivity (Wildman–Crippen MR) is 56.0 cm³/mol. The van der Waals surface area contributed by atoms with Crippen LogP contribution in [0.5, 0.6) is 5.75 Å². The first-order chi connectivity index (χ1) is 7.29. The number of aldehydes is 1. The van der Waals surface area contributed by atoms with E-state index in [2.05, 4.69) is 5.32 Å². The Bertz CT molecular complexity index is 349. The van der Waals surface area contributed by atoms with Crippen molar-refractivity contribution >= 4 is 12.2 Å². The zero-order chi connectivity index (χ0) is 11.1. The van der Waals surface area contributed by atoms with Crippen molar-refractivity contribution in [3.63, 3.8) is 0 Å². The standard InChI is InChI=1S/C11H13NO3/c1-15-10-6-3-2-5-9(10)11(14)12-7-4-8-13/h2-3,5-6,8H,4,7H2,1H3,(H,12,14). The van der Waals surface area contributed by atoms with Gasteiger partial charge in [0.15, 0.2) is 0 Å². The van der Waals surface area contributed by atoms with E-state index in [1.807, 2.05) is 0 Å². The molecule has 80 valence electrons. The Kier molecular flexibility index (Phi) is 4.34. The number of carbonyl (C=O) groups excluding carboxylic acids is 2. The number of ether oxygens (including phenoxy) is 1. The second kappa shape index (κ2) is 5.80. The number of nitrogens with one attached hydrogen (secondary N) is 1. The molecule has 4 nitrogen and oxygen atoms in total. The highest BCUT2D eigenvalue weighted by atomic mass is 16.5. The lowest BCUT2D eigenvalue weighted by Gasteiger charge is -2.07. The molecule has 1 amide bonds. The predicted octanol–water partition coefficient (Wildman–Crippen LogP) is 1.01. The van der Waals surface area contributed by atoms with Crippen molar-refractivity contribution in [2.45, 2.75) is 6.42 Å². The van der Waals surface area contributed by atoms with Crippen LogP contribution in [0.25, 0.3) is 0 Å². The van der Waals surface area contributed by atoms with Gasteiger partial charge in [0, 0.05) is 13.0 Å². The topological polar surface area (TPSA) is 55.4 Å². The molecule has 1 rings (SSSR count). The van der Waals surface area contributed by atoms with Crippen molar-refractivity contribution in [1.29, 1.82) is 0 Å². The summed E-state index contributed by atoms with van der Waals surface area (Å²) in [6, 6.07) is 6.95. The molecular formula is C11H13NO3. The van der Waals surface area contributed by atoms with Crippen LogP contribution in [-0.2, 0) is 4.79 Å². The van der Waals surface area contributed by atoms with Crippen LogP contribution < -0.4 is 10.1 Å². The molecule has 0 heterocycles. The largest absolute Gasteiger partial charge is 0.496 e. The monoisotopic (exact) mass is 207 g/mol. The van der Waals surface area contributed by atoms with Crippen LogP contribution in [-0.4, -0.2) is 25.8 Å². The third-order valence-electron chi connectivity index (χ3n) is 1.90. The fourth-order valence-electron chi connectivity index (χ4n) is 1.17. The Morgan fingerprint density at radius 1 is 1.47 bits per heavy atom. The van der Waals surface area contributed by atoms with Gasteiger partial charge in [-0.3, -0.25) is 4.79 Å². The van der Waals surface area contributed by atoms with Crippen molar-refractivity contribution in [3.05, 3.63) is 29.8 Å². The number of amides is 1. The van der Waals surface area contributed by atoms with Gasteiger partial charge in [-0.1, -0.05) is 12.1 Å². The first-order valence-electron chi connectivity index (χ1n) is 4.64. The number of hydrogen-bond acceptors (Lipinski definition) is 3. The van der Waals surface area contributed by atoms with E-state index in [0.29, 0.717) is 24.3 Å². The molecule has 0 fully saturated rings. The summed E-state index contributed by atoms with van der Waals surface area (Å²) in [4.78, 5) is 21.7. The Labute approximate surface area is 88.2 Å². The normalized spacial score (nSPS) is 9.40. The molecule has 0 aromatic heterocycles. The summed E-state index contributed by atoms with van der Waals surface area (Å²) < 4.78 is 5.04. The van der Waals surface area contributed by atoms with Gasteiger partial charge >= 0.3 is 0 Å². The van der Waals surface area contributed by atoms with E-state index in [1.54, 1.807) is 24.3 Å². The van der Waals surface area contributed by atoms with Crippen LogP contribution in [0.1, 0.15) is 16.8 Å². The summed E-state index contributed by atoms with van der Waals surface area (Å²) in [6.45, 7) is 0.348. The fraction of sp³-hybridized carbons (Fsp3) is 0.273. The molecule has 0 saturated carbocycles. The quantitative estimate of drug-likeness (QED) is 0.579. The molecule has 0 spiro atoms. The van der Waals surface area contributed by atoms with Crippen molar-refractivity contribution < 1.29 is 14.3 Å². The van der Waals surface area contributed by atoms with E-state index in [0.717, 1.165) is 6.29 Å². The Hall–Kier alpha value is -1.84. The number of hydrogen-bond donors (Lipinski definition) is 1. The smallest absolute Gasteiger partial charge is 0.255 e. The first-order valence-corrected chi connectivity index (χ1v) is 4.64. The van der Waals surface area contributed by atoms with Crippen molar-refractivity contribution in [2.24, 2.45) is 0 Å². The van der Waals surface area contributed by atoms with Crippen LogP contribution in [0.15, 0.2) is 24.3 Å². The number of para-hydroxylation sites is 1. The van der Waals surface area contributed by atoms with Gasteiger partial charge in [-0.2, -0.15) is 0 Å². The van der Waals surface area contributed by atoms with Gasteiger partial charge in [-0.05, 0) is 12.1 Å². The zero-order valence-corrected chi connectivity index (χ0v) is 8.53. The van der Waals surface area contributed by atoms with E-state index >= 15 is 0 Å². The molecule has 0 radical (unpaired) electrons. The number of methoxy groups -OCH3 is 1. The minimum atomic E-state index is -0.227. The molecule has 0 atom stereocenters. The van der Waals surface area contributed by atoms with Gasteiger partial charge in [0.05, 0.1) is 12.7 Å². The molecule has 0 aliphatic rings. The number of rotatable bonds is 5. The molecule has 0 aliphatic heterocycles. The molecule has 4 heteroatoms. The Morgan fingerprint density at radius 3 is 2.87 bits per heavy atom. The second-order valence-electron chi connectivity index (χ2n) is 2.91. The SMILES string of the molecule is COc1ccccc1C(=O)NCCC=O. The highest BCUT2D eigenvalue weighted by Gasteiger charge is 2.09. The van der Waals surface area contributed by atoms with Gasteiger partial charge in [0.25, 0.3) is 5.91 Å².